The fourth-order valence-corrected chi connectivity index (χ4v) is 4.17. The summed E-state index contributed by atoms with van der Waals surface area (Å²) in [6, 6.07) is 4.19. The molecule has 2 aromatic rings. The van der Waals surface area contributed by atoms with Gasteiger partial charge in [0.1, 0.15) is 16.9 Å². The fourth-order valence-electron chi connectivity index (χ4n) is 3.82. The van der Waals surface area contributed by atoms with Crippen LogP contribution in [0.4, 0.5) is 5.69 Å². The van der Waals surface area contributed by atoms with E-state index in [0.29, 0.717) is 5.92 Å². The molecule has 148 valence electrons. The fraction of sp³-hybridized carbons (Fsp3) is 0.476. The van der Waals surface area contributed by atoms with E-state index in [1.807, 2.05) is 12.3 Å². The molecule has 0 saturated heterocycles. The topological polar surface area (TPSA) is 62.6 Å². The highest BCUT2D eigenvalue weighted by atomic mass is 32.2. The van der Waals surface area contributed by atoms with Gasteiger partial charge in [-0.2, -0.15) is 0 Å². The number of fused-ring (bicyclic) bond motifs is 1. The molecule has 3 heterocycles. The van der Waals surface area contributed by atoms with Crippen LogP contribution in [0.2, 0.25) is 0 Å². The van der Waals surface area contributed by atoms with Crippen LogP contribution in [0.5, 0.6) is 0 Å². The van der Waals surface area contributed by atoms with Gasteiger partial charge in [-0.1, -0.05) is 11.9 Å². The third-order valence-electron chi connectivity index (χ3n) is 5.33. The first-order chi connectivity index (χ1) is 13.4. The van der Waals surface area contributed by atoms with E-state index in [2.05, 4.69) is 48.1 Å². The van der Waals surface area contributed by atoms with Crippen molar-refractivity contribution in [1.82, 2.24) is 15.2 Å². The molecule has 0 radical (unpaired) electrons. The van der Waals surface area contributed by atoms with E-state index in [4.69, 9.17) is 14.1 Å². The number of nitrogens with one attached hydrogen (secondary N) is 2. The minimum atomic E-state index is -0.259. The molecule has 6 nitrogen and oxygen atoms in total. The molecule has 3 aliphatic rings. The van der Waals surface area contributed by atoms with Gasteiger partial charge in [-0.15, -0.1) is 0 Å². The maximum atomic E-state index is 6.45. The largest absolute Gasteiger partial charge is 0.483 e. The summed E-state index contributed by atoms with van der Waals surface area (Å²) in [5.41, 5.74) is 5.71. The number of likely N-dealkylation sites (N-methyl/N-ethyl adjacent to an activating group) is 1. The molecule has 0 bridgehead atoms. The van der Waals surface area contributed by atoms with Crippen LogP contribution in [0.25, 0.3) is 16.7 Å². The third kappa shape index (κ3) is 3.11. The minimum Gasteiger partial charge on any atom is -0.483 e. The van der Waals surface area contributed by atoms with Crippen LogP contribution in [0.15, 0.2) is 34.2 Å². The number of hydrogen-bond acceptors (Lipinski definition) is 7. The van der Waals surface area contributed by atoms with Crippen molar-refractivity contribution in [2.75, 3.05) is 31.1 Å². The van der Waals surface area contributed by atoms with Gasteiger partial charge in [0.05, 0.1) is 18.8 Å². The highest BCUT2D eigenvalue weighted by Crippen LogP contribution is 2.44. The molecule has 1 aromatic heterocycles. The predicted molar refractivity (Wildman–Crippen MR) is 114 cm³/mol. The van der Waals surface area contributed by atoms with E-state index in [1.54, 1.807) is 11.9 Å². The Morgan fingerprint density at radius 1 is 1.32 bits per heavy atom. The quantitative estimate of drug-likeness (QED) is 0.745. The highest BCUT2D eigenvalue weighted by molar-refractivity contribution is 7.99. The average Bonchev–Trinajstić information content (AvgIpc) is 3.40. The number of ether oxygens (including phenoxy) is 1. The van der Waals surface area contributed by atoms with Gasteiger partial charge in [0.15, 0.2) is 11.5 Å². The molecule has 1 saturated carbocycles. The third-order valence-corrected chi connectivity index (χ3v) is 5.77. The van der Waals surface area contributed by atoms with Crippen LogP contribution in [-0.2, 0) is 4.74 Å². The van der Waals surface area contributed by atoms with Crippen molar-refractivity contribution in [1.29, 1.82) is 0 Å². The van der Waals surface area contributed by atoms with Crippen molar-refractivity contribution in [3.63, 3.8) is 0 Å². The normalized spacial score (nSPS) is 21.1. The molecule has 1 fully saturated rings. The first-order valence-electron chi connectivity index (χ1n) is 9.76. The number of hydrogen-bond donors (Lipinski definition) is 2. The smallest absolute Gasteiger partial charge is 0.198 e. The summed E-state index contributed by atoms with van der Waals surface area (Å²) in [7, 11) is 2.09. The monoisotopic (exact) mass is 398 g/mol. The molecule has 1 aliphatic carbocycles. The van der Waals surface area contributed by atoms with Gasteiger partial charge in [-0.3, -0.25) is 0 Å². The van der Waals surface area contributed by atoms with Crippen LogP contribution in [0, 0.1) is 0 Å². The Morgan fingerprint density at radius 3 is 2.89 bits per heavy atom. The maximum Gasteiger partial charge on any atom is 0.198 e. The van der Waals surface area contributed by atoms with Crippen molar-refractivity contribution < 1.29 is 9.15 Å². The Hall–Kier alpha value is -2.28. The van der Waals surface area contributed by atoms with Gasteiger partial charge in [0.25, 0.3) is 0 Å². The molecule has 2 N–H and O–H groups in total. The lowest BCUT2D eigenvalue weighted by molar-refractivity contribution is 0.0269. The SMILES string of the molecule is CSNc1cc(C2=CN(C)CC3=C2OC(C)(C)CN3)c2nc(C3CC3)oc2c1. The van der Waals surface area contributed by atoms with Crippen LogP contribution < -0.4 is 10.0 Å². The maximum absolute atomic E-state index is 6.45. The second-order valence-electron chi connectivity index (χ2n) is 8.48. The van der Waals surface area contributed by atoms with Crippen LogP contribution in [0.3, 0.4) is 0 Å². The summed E-state index contributed by atoms with van der Waals surface area (Å²) < 4.78 is 15.9. The highest BCUT2D eigenvalue weighted by Gasteiger charge is 2.35. The zero-order valence-electron chi connectivity index (χ0n) is 16.8. The first-order valence-corrected chi connectivity index (χ1v) is 11.0. The second kappa shape index (κ2) is 6.37. The molecular formula is C21H26N4O2S. The summed E-state index contributed by atoms with van der Waals surface area (Å²) in [5, 5.41) is 3.57. The van der Waals surface area contributed by atoms with Gasteiger partial charge < -0.3 is 24.1 Å². The standard InChI is InChI=1S/C21H26N4O2S/c1-21(2)11-22-16-10-25(3)9-15(19(16)27-21)14-7-13(24-28-4)8-17-18(14)23-20(26-17)12-5-6-12/h7-9,12,22,24H,5-6,10-11H2,1-4H3. The van der Waals surface area contributed by atoms with E-state index >= 15 is 0 Å². The van der Waals surface area contributed by atoms with E-state index in [1.165, 1.54) is 12.8 Å². The molecule has 0 spiro atoms. The lowest BCUT2D eigenvalue weighted by Gasteiger charge is -2.39. The summed E-state index contributed by atoms with van der Waals surface area (Å²) in [5.74, 6) is 2.26. The molecule has 28 heavy (non-hydrogen) atoms. The summed E-state index contributed by atoms with van der Waals surface area (Å²) >= 11 is 1.57. The van der Waals surface area contributed by atoms with Gasteiger partial charge in [-0.25, -0.2) is 4.98 Å². The van der Waals surface area contributed by atoms with Crippen molar-refractivity contribution in [2.24, 2.45) is 0 Å². The first kappa shape index (κ1) is 17.8. The molecule has 7 heteroatoms. The van der Waals surface area contributed by atoms with Crippen LogP contribution in [0.1, 0.15) is 44.1 Å². The minimum absolute atomic E-state index is 0.259. The Labute approximate surface area is 169 Å². The summed E-state index contributed by atoms with van der Waals surface area (Å²) in [4.78, 5) is 7.08. The molecular weight excluding hydrogens is 372 g/mol. The number of anilines is 1. The zero-order valence-corrected chi connectivity index (χ0v) is 17.6. The average molecular weight is 399 g/mol. The zero-order chi connectivity index (χ0) is 19.5. The number of benzene rings is 1. The van der Waals surface area contributed by atoms with Gasteiger partial charge in [0.2, 0.25) is 0 Å². The van der Waals surface area contributed by atoms with E-state index < -0.39 is 0 Å². The van der Waals surface area contributed by atoms with Crippen molar-refractivity contribution in [3.05, 3.63) is 41.2 Å². The van der Waals surface area contributed by atoms with Crippen molar-refractivity contribution >= 4 is 34.3 Å². The lowest BCUT2D eigenvalue weighted by atomic mass is 9.96. The number of nitrogens with zero attached hydrogens (tertiary/aromatic N) is 2. The number of oxazole rings is 1. The molecule has 0 unspecified atom stereocenters. The van der Waals surface area contributed by atoms with E-state index in [9.17, 15) is 0 Å². The van der Waals surface area contributed by atoms with Crippen LogP contribution >= 0.6 is 11.9 Å². The Kier molecular flexibility index (Phi) is 4.05. The van der Waals surface area contributed by atoms with E-state index in [-0.39, 0.29) is 5.60 Å². The second-order valence-corrected chi connectivity index (χ2v) is 9.10. The molecule has 0 amide bonds. The molecule has 1 aromatic carbocycles. The van der Waals surface area contributed by atoms with Gasteiger partial charge in [0, 0.05) is 48.3 Å². The van der Waals surface area contributed by atoms with Gasteiger partial charge >= 0.3 is 0 Å². The Balaban J connectivity index is 1.68. The summed E-state index contributed by atoms with van der Waals surface area (Å²) in [6.07, 6.45) is 6.51. The number of allylic oxidation sites excluding steroid dienone is 1. The molecule has 5 rings (SSSR count). The molecule has 0 atom stereocenters. The Morgan fingerprint density at radius 2 is 2.14 bits per heavy atom. The summed E-state index contributed by atoms with van der Waals surface area (Å²) in [6.45, 7) is 5.84. The number of rotatable bonds is 4. The number of aromatic nitrogens is 1. The lowest BCUT2D eigenvalue weighted by Crippen LogP contribution is -2.45. The Bertz CT molecular complexity index is 1000. The van der Waals surface area contributed by atoms with Crippen LogP contribution in [-0.4, -0.2) is 41.9 Å². The predicted octanol–water partition coefficient (Wildman–Crippen LogP) is 4.29. The van der Waals surface area contributed by atoms with Gasteiger partial charge in [-0.05, 0) is 32.8 Å². The van der Waals surface area contributed by atoms with Crippen molar-refractivity contribution in [3.8, 4) is 0 Å². The van der Waals surface area contributed by atoms with E-state index in [0.717, 1.165) is 58.4 Å². The van der Waals surface area contributed by atoms with Crippen molar-refractivity contribution in [2.45, 2.75) is 38.2 Å². The molecule has 2 aliphatic heterocycles.